The van der Waals surface area contributed by atoms with Crippen LogP contribution in [0.1, 0.15) is 11.3 Å². The first kappa shape index (κ1) is 23.7. The predicted molar refractivity (Wildman–Crippen MR) is 139 cm³/mol. The van der Waals surface area contributed by atoms with Crippen LogP contribution in [0.3, 0.4) is 0 Å². The number of rotatable bonds is 7. The summed E-state index contributed by atoms with van der Waals surface area (Å²) in [6, 6.07) is 15.8. The van der Waals surface area contributed by atoms with Crippen LogP contribution in [0.4, 0.5) is 17.1 Å². The molecule has 1 fully saturated rings. The van der Waals surface area contributed by atoms with Crippen LogP contribution in [0.25, 0.3) is 6.08 Å². The molecule has 1 aliphatic heterocycles. The fraction of sp³-hybridized carbons (Fsp3) is 0.231. The molecule has 2 aromatic carbocycles. The van der Waals surface area contributed by atoms with Crippen molar-refractivity contribution >= 4 is 35.8 Å². The third-order valence-corrected chi connectivity index (χ3v) is 5.97. The molecular weight excluding hydrogens is 444 g/mol. The molecule has 1 aromatic heterocycles. The fourth-order valence-electron chi connectivity index (χ4n) is 3.81. The standard InChI is InChI=1S/C26H28N6O3/c1-18-23(13-14-27-2)25(34)29-26(28-18)35-22-11-9-20(10-12-22)31(4)19-5-7-21(8-6-19)32-16-15-30(3)24(33)17-32/h5-14H,2,15-17H2,1,3-4H3,(H,28,29,34)/b14-13-. The zero-order chi connectivity index (χ0) is 24.9. The highest BCUT2D eigenvalue weighted by molar-refractivity contribution is 5.82. The number of carbonyl (C=O) groups excluding carboxylic acids is 1. The zero-order valence-corrected chi connectivity index (χ0v) is 20.1. The lowest BCUT2D eigenvalue weighted by atomic mass is 10.2. The number of amides is 1. The summed E-state index contributed by atoms with van der Waals surface area (Å²) in [7, 11) is 3.82. The lowest BCUT2D eigenvalue weighted by Gasteiger charge is -2.33. The Kier molecular flexibility index (Phi) is 6.96. The number of nitrogens with one attached hydrogen (secondary N) is 1. The van der Waals surface area contributed by atoms with Crippen molar-refractivity contribution in [1.82, 2.24) is 14.9 Å². The monoisotopic (exact) mass is 472 g/mol. The van der Waals surface area contributed by atoms with Crippen LogP contribution in [0.5, 0.6) is 11.8 Å². The van der Waals surface area contributed by atoms with Gasteiger partial charge in [0.25, 0.3) is 5.56 Å². The molecule has 2 heterocycles. The van der Waals surface area contributed by atoms with Crippen molar-refractivity contribution < 1.29 is 9.53 Å². The highest BCUT2D eigenvalue weighted by Gasteiger charge is 2.21. The Morgan fingerprint density at radius 3 is 2.34 bits per heavy atom. The Balaban J connectivity index is 1.43. The van der Waals surface area contributed by atoms with Gasteiger partial charge >= 0.3 is 6.01 Å². The van der Waals surface area contributed by atoms with E-state index in [0.717, 1.165) is 30.2 Å². The maximum absolute atomic E-state index is 12.3. The number of aryl methyl sites for hydroxylation is 1. The van der Waals surface area contributed by atoms with Gasteiger partial charge in [0.2, 0.25) is 5.91 Å². The molecule has 0 radical (unpaired) electrons. The topological polar surface area (TPSA) is 94.1 Å². The third kappa shape index (κ3) is 5.40. The average molecular weight is 473 g/mol. The molecule has 35 heavy (non-hydrogen) atoms. The second-order valence-electron chi connectivity index (χ2n) is 8.28. The van der Waals surface area contributed by atoms with E-state index >= 15 is 0 Å². The van der Waals surface area contributed by atoms with Gasteiger partial charge in [0, 0.05) is 50.4 Å². The number of nitrogens with zero attached hydrogens (tertiary/aromatic N) is 5. The number of benzene rings is 2. The van der Waals surface area contributed by atoms with E-state index in [1.54, 1.807) is 17.9 Å². The minimum atomic E-state index is -0.312. The molecule has 3 aromatic rings. The molecule has 180 valence electrons. The maximum atomic E-state index is 12.3. The molecule has 9 nitrogen and oxygen atoms in total. The van der Waals surface area contributed by atoms with E-state index in [0.29, 0.717) is 23.6 Å². The first-order valence-electron chi connectivity index (χ1n) is 11.2. The number of aromatic nitrogens is 2. The summed E-state index contributed by atoms with van der Waals surface area (Å²) >= 11 is 0. The van der Waals surface area contributed by atoms with Gasteiger partial charge in [-0.3, -0.25) is 19.6 Å². The fourth-order valence-corrected chi connectivity index (χ4v) is 3.81. The normalized spacial score (nSPS) is 13.9. The minimum Gasteiger partial charge on any atom is -0.426 e. The van der Waals surface area contributed by atoms with Gasteiger partial charge in [-0.05, 0) is 68.2 Å². The molecule has 0 atom stereocenters. The summed E-state index contributed by atoms with van der Waals surface area (Å²) in [6.45, 7) is 7.05. The first-order chi connectivity index (χ1) is 16.9. The molecule has 4 rings (SSSR count). The number of hydrogen-bond donors (Lipinski definition) is 1. The Bertz CT molecular complexity index is 1300. The summed E-state index contributed by atoms with van der Waals surface area (Å²) in [4.78, 5) is 40.8. The molecule has 0 spiro atoms. The number of aliphatic imine (C=N–C) groups is 1. The van der Waals surface area contributed by atoms with Crippen LogP contribution in [-0.2, 0) is 4.79 Å². The molecule has 9 heteroatoms. The first-order valence-corrected chi connectivity index (χ1v) is 11.2. The number of H-pyrrole nitrogens is 1. The number of aromatic amines is 1. The highest BCUT2D eigenvalue weighted by Crippen LogP contribution is 2.29. The van der Waals surface area contributed by atoms with E-state index in [4.69, 9.17) is 4.74 Å². The van der Waals surface area contributed by atoms with Crippen molar-refractivity contribution in [1.29, 1.82) is 0 Å². The largest absolute Gasteiger partial charge is 0.426 e. The van der Waals surface area contributed by atoms with Crippen LogP contribution >= 0.6 is 0 Å². The molecule has 1 N–H and O–H groups in total. The SMILES string of the molecule is C=N/C=C\c1c(C)nc(Oc2ccc(N(C)c3ccc(N4CCN(C)C(=O)C4)cc3)cc2)[nH]c1=O. The van der Waals surface area contributed by atoms with Gasteiger partial charge in [-0.15, -0.1) is 0 Å². The van der Waals surface area contributed by atoms with E-state index in [9.17, 15) is 9.59 Å². The van der Waals surface area contributed by atoms with Crippen LogP contribution in [-0.4, -0.2) is 61.2 Å². The Morgan fingerprint density at radius 1 is 1.09 bits per heavy atom. The van der Waals surface area contributed by atoms with Crippen LogP contribution in [0.15, 0.2) is 64.5 Å². The number of carbonyl (C=O) groups is 1. The summed E-state index contributed by atoms with van der Waals surface area (Å²) in [6.07, 6.45) is 3.00. The van der Waals surface area contributed by atoms with Gasteiger partial charge in [-0.2, -0.15) is 0 Å². The number of likely N-dealkylation sites (N-methyl/N-ethyl adjacent to an activating group) is 1. The van der Waals surface area contributed by atoms with Crippen LogP contribution < -0.4 is 20.1 Å². The lowest BCUT2D eigenvalue weighted by Crippen LogP contribution is -2.48. The maximum Gasteiger partial charge on any atom is 0.302 e. The van der Waals surface area contributed by atoms with Crippen molar-refractivity contribution in [2.75, 3.05) is 43.5 Å². The highest BCUT2D eigenvalue weighted by atomic mass is 16.5. The molecular formula is C26H28N6O3. The van der Waals surface area contributed by atoms with Crippen molar-refractivity contribution in [3.05, 3.63) is 76.3 Å². The second kappa shape index (κ2) is 10.3. The molecule has 0 saturated carbocycles. The second-order valence-corrected chi connectivity index (χ2v) is 8.28. The zero-order valence-electron chi connectivity index (χ0n) is 20.1. The number of piperazine rings is 1. The van der Waals surface area contributed by atoms with Crippen molar-refractivity contribution in [3.8, 4) is 11.8 Å². The quantitative estimate of drug-likeness (QED) is 0.528. The lowest BCUT2D eigenvalue weighted by molar-refractivity contribution is -0.129. The number of hydrogen-bond acceptors (Lipinski definition) is 7. The number of anilines is 3. The Hall–Kier alpha value is -4.40. The van der Waals surface area contributed by atoms with Gasteiger partial charge in [0.1, 0.15) is 5.75 Å². The smallest absolute Gasteiger partial charge is 0.302 e. The van der Waals surface area contributed by atoms with Crippen LogP contribution in [0, 0.1) is 6.92 Å². The van der Waals surface area contributed by atoms with Crippen molar-refractivity contribution in [2.45, 2.75) is 6.92 Å². The Labute approximate surface area is 204 Å². The molecule has 0 unspecified atom stereocenters. The third-order valence-electron chi connectivity index (χ3n) is 5.97. The van der Waals surface area contributed by atoms with E-state index in [1.807, 2.05) is 62.6 Å². The van der Waals surface area contributed by atoms with E-state index < -0.39 is 0 Å². The molecule has 0 bridgehead atoms. The number of ether oxygens (including phenoxy) is 1. The van der Waals surface area contributed by atoms with Gasteiger partial charge in [0.15, 0.2) is 0 Å². The van der Waals surface area contributed by atoms with E-state index in [2.05, 4.69) is 31.5 Å². The average Bonchev–Trinajstić information content (AvgIpc) is 2.85. The van der Waals surface area contributed by atoms with Gasteiger partial charge in [0.05, 0.1) is 17.8 Å². The Morgan fingerprint density at radius 2 is 1.74 bits per heavy atom. The summed E-state index contributed by atoms with van der Waals surface area (Å²) < 4.78 is 5.76. The van der Waals surface area contributed by atoms with Gasteiger partial charge in [-0.1, -0.05) is 0 Å². The van der Waals surface area contributed by atoms with Gasteiger partial charge in [-0.25, -0.2) is 4.98 Å². The molecule has 0 aliphatic carbocycles. The van der Waals surface area contributed by atoms with Crippen molar-refractivity contribution in [2.24, 2.45) is 4.99 Å². The van der Waals surface area contributed by atoms with Gasteiger partial charge < -0.3 is 19.4 Å². The summed E-state index contributed by atoms with van der Waals surface area (Å²) in [5.41, 5.74) is 3.65. The van der Waals surface area contributed by atoms with Crippen molar-refractivity contribution in [3.63, 3.8) is 0 Å². The molecule has 1 amide bonds. The minimum absolute atomic E-state index is 0.121. The summed E-state index contributed by atoms with van der Waals surface area (Å²) in [5.74, 6) is 0.683. The predicted octanol–water partition coefficient (Wildman–Crippen LogP) is 3.59. The van der Waals surface area contributed by atoms with E-state index in [1.165, 1.54) is 6.20 Å². The molecule has 1 saturated heterocycles. The van der Waals surface area contributed by atoms with E-state index in [-0.39, 0.29) is 17.5 Å². The van der Waals surface area contributed by atoms with Crippen LogP contribution in [0.2, 0.25) is 0 Å². The summed E-state index contributed by atoms with van der Waals surface area (Å²) in [5, 5.41) is 0. The molecule has 1 aliphatic rings.